The number of amides is 2. The van der Waals surface area contributed by atoms with E-state index in [0.717, 1.165) is 5.56 Å². The largest absolute Gasteiger partial charge is 0.481 e. The third kappa shape index (κ3) is 4.69. The summed E-state index contributed by atoms with van der Waals surface area (Å²) in [4.78, 5) is 28.2. The maximum atomic E-state index is 11.9. The molecule has 2 N–H and O–H groups in total. The van der Waals surface area contributed by atoms with Gasteiger partial charge in [-0.15, -0.1) is 0 Å². The van der Waals surface area contributed by atoms with Gasteiger partial charge in [0.2, 0.25) is 11.7 Å². The first-order valence-electron chi connectivity index (χ1n) is 7.17. The van der Waals surface area contributed by atoms with Crippen LogP contribution in [-0.2, 0) is 11.3 Å². The van der Waals surface area contributed by atoms with Crippen molar-refractivity contribution in [3.05, 3.63) is 35.2 Å². The molecular formula is C15H17ClN4O4. The fourth-order valence-corrected chi connectivity index (χ4v) is 2.03. The smallest absolute Gasteiger partial charge is 0.317 e. The summed E-state index contributed by atoms with van der Waals surface area (Å²) in [6.07, 6.45) is 0. The number of carbonyl (C=O) groups excluding carboxylic acids is 1. The molecule has 0 aliphatic carbocycles. The van der Waals surface area contributed by atoms with Crippen LogP contribution >= 0.6 is 11.6 Å². The zero-order chi connectivity index (χ0) is 17.7. The van der Waals surface area contributed by atoms with Crippen LogP contribution in [0.3, 0.4) is 0 Å². The van der Waals surface area contributed by atoms with Gasteiger partial charge in [-0.2, -0.15) is 4.98 Å². The average Bonchev–Trinajstić information content (AvgIpc) is 3.02. The molecule has 9 heteroatoms. The number of hydrogen-bond acceptors (Lipinski definition) is 5. The maximum Gasteiger partial charge on any atom is 0.317 e. The minimum Gasteiger partial charge on any atom is -0.481 e. The van der Waals surface area contributed by atoms with E-state index in [1.807, 2.05) is 0 Å². The van der Waals surface area contributed by atoms with Crippen LogP contribution in [0.2, 0.25) is 5.02 Å². The summed E-state index contributed by atoms with van der Waals surface area (Å²) >= 11 is 5.82. The SMILES string of the molecule is CC(CN(C)C(=O)NCc1nc(-c2ccc(Cl)cc2)no1)C(=O)O. The Morgan fingerprint density at radius 1 is 1.38 bits per heavy atom. The van der Waals surface area contributed by atoms with Crippen molar-refractivity contribution >= 4 is 23.6 Å². The van der Waals surface area contributed by atoms with Crippen molar-refractivity contribution in [2.45, 2.75) is 13.5 Å². The first-order valence-corrected chi connectivity index (χ1v) is 7.55. The zero-order valence-corrected chi connectivity index (χ0v) is 13.9. The van der Waals surface area contributed by atoms with Crippen molar-refractivity contribution in [1.29, 1.82) is 0 Å². The van der Waals surface area contributed by atoms with Crippen molar-refractivity contribution in [2.75, 3.05) is 13.6 Å². The summed E-state index contributed by atoms with van der Waals surface area (Å²) in [5, 5.41) is 15.9. The number of benzene rings is 1. The van der Waals surface area contributed by atoms with Gasteiger partial charge in [-0.3, -0.25) is 4.79 Å². The van der Waals surface area contributed by atoms with Gasteiger partial charge in [-0.1, -0.05) is 23.7 Å². The number of nitrogens with one attached hydrogen (secondary N) is 1. The molecule has 1 atom stereocenters. The van der Waals surface area contributed by atoms with Crippen molar-refractivity contribution < 1.29 is 19.2 Å². The van der Waals surface area contributed by atoms with Gasteiger partial charge >= 0.3 is 12.0 Å². The minimum absolute atomic E-state index is 0.0468. The lowest BCUT2D eigenvalue weighted by atomic mass is 10.2. The number of aromatic nitrogens is 2. The maximum absolute atomic E-state index is 11.9. The topological polar surface area (TPSA) is 109 Å². The van der Waals surface area contributed by atoms with Crippen LogP contribution in [0.4, 0.5) is 4.79 Å². The molecule has 128 valence electrons. The number of halogens is 1. The van der Waals surface area contributed by atoms with E-state index in [2.05, 4.69) is 15.5 Å². The van der Waals surface area contributed by atoms with Crippen LogP contribution < -0.4 is 5.32 Å². The molecule has 2 amide bonds. The van der Waals surface area contributed by atoms with Gasteiger partial charge in [0, 0.05) is 24.2 Å². The minimum atomic E-state index is -0.959. The van der Waals surface area contributed by atoms with E-state index in [4.69, 9.17) is 21.2 Å². The van der Waals surface area contributed by atoms with Gasteiger partial charge in [0.1, 0.15) is 0 Å². The van der Waals surface area contributed by atoms with Crippen molar-refractivity contribution in [3.63, 3.8) is 0 Å². The molecule has 1 aromatic heterocycles. The molecule has 8 nitrogen and oxygen atoms in total. The first-order chi connectivity index (χ1) is 11.4. The lowest BCUT2D eigenvalue weighted by Crippen LogP contribution is -2.40. The van der Waals surface area contributed by atoms with Crippen molar-refractivity contribution in [1.82, 2.24) is 20.4 Å². The van der Waals surface area contributed by atoms with E-state index >= 15 is 0 Å². The summed E-state index contributed by atoms with van der Waals surface area (Å²) < 4.78 is 5.08. The molecule has 0 spiro atoms. The highest BCUT2D eigenvalue weighted by Crippen LogP contribution is 2.18. The number of aliphatic carboxylic acids is 1. The highest BCUT2D eigenvalue weighted by molar-refractivity contribution is 6.30. The van der Waals surface area contributed by atoms with Crippen LogP contribution in [0.25, 0.3) is 11.4 Å². The second-order valence-electron chi connectivity index (χ2n) is 5.30. The number of carboxylic acid groups (broad SMARTS) is 1. The molecule has 1 heterocycles. The molecule has 0 aliphatic heterocycles. The van der Waals surface area contributed by atoms with Gasteiger partial charge in [0.05, 0.1) is 12.5 Å². The fourth-order valence-electron chi connectivity index (χ4n) is 1.90. The monoisotopic (exact) mass is 352 g/mol. The molecule has 0 aliphatic rings. The van der Waals surface area contributed by atoms with E-state index in [1.54, 1.807) is 24.3 Å². The Hall–Kier alpha value is -2.61. The number of urea groups is 1. The summed E-state index contributed by atoms with van der Waals surface area (Å²) in [6, 6.07) is 6.53. The molecule has 2 rings (SSSR count). The molecule has 0 bridgehead atoms. The van der Waals surface area contributed by atoms with E-state index in [0.29, 0.717) is 10.8 Å². The lowest BCUT2D eigenvalue weighted by Gasteiger charge is -2.19. The van der Waals surface area contributed by atoms with E-state index in [9.17, 15) is 9.59 Å². The predicted octanol–water partition coefficient (Wildman–Crippen LogP) is 2.25. The average molecular weight is 353 g/mol. The molecule has 24 heavy (non-hydrogen) atoms. The Kier molecular flexibility index (Phi) is 5.75. The van der Waals surface area contributed by atoms with Gasteiger partial charge in [0.25, 0.3) is 0 Å². The number of rotatable bonds is 6. The second-order valence-corrected chi connectivity index (χ2v) is 5.73. The number of carboxylic acids is 1. The van der Waals surface area contributed by atoms with E-state index in [1.165, 1.54) is 18.9 Å². The molecule has 1 unspecified atom stereocenters. The Morgan fingerprint density at radius 2 is 2.04 bits per heavy atom. The quantitative estimate of drug-likeness (QED) is 0.825. The van der Waals surface area contributed by atoms with Gasteiger partial charge in [0.15, 0.2) is 0 Å². The summed E-state index contributed by atoms with van der Waals surface area (Å²) in [6.45, 7) is 1.68. The predicted molar refractivity (Wildman–Crippen MR) is 86.4 cm³/mol. The Balaban J connectivity index is 1.89. The second kappa shape index (κ2) is 7.78. The number of carbonyl (C=O) groups is 2. The summed E-state index contributed by atoms with van der Waals surface area (Å²) in [5.74, 6) is -0.975. The molecule has 0 radical (unpaired) electrons. The highest BCUT2D eigenvalue weighted by atomic mass is 35.5. The van der Waals surface area contributed by atoms with Gasteiger partial charge in [-0.05, 0) is 24.3 Å². The van der Waals surface area contributed by atoms with Crippen LogP contribution in [-0.4, -0.2) is 45.7 Å². The molecule has 0 saturated carbocycles. The van der Waals surface area contributed by atoms with E-state index < -0.39 is 17.9 Å². The third-order valence-electron chi connectivity index (χ3n) is 3.28. The Labute approximate surface area is 143 Å². The van der Waals surface area contributed by atoms with Gasteiger partial charge < -0.3 is 19.8 Å². The third-order valence-corrected chi connectivity index (χ3v) is 3.53. The lowest BCUT2D eigenvalue weighted by molar-refractivity contribution is -0.141. The Morgan fingerprint density at radius 3 is 2.67 bits per heavy atom. The molecule has 0 fully saturated rings. The van der Waals surface area contributed by atoms with Crippen molar-refractivity contribution in [3.8, 4) is 11.4 Å². The summed E-state index contributed by atoms with van der Waals surface area (Å²) in [7, 11) is 1.52. The van der Waals surface area contributed by atoms with E-state index in [-0.39, 0.29) is 19.0 Å². The number of nitrogens with zero attached hydrogens (tertiary/aromatic N) is 3. The zero-order valence-electron chi connectivity index (χ0n) is 13.2. The highest BCUT2D eigenvalue weighted by Gasteiger charge is 2.18. The standard InChI is InChI=1S/C15H17ClN4O4/c1-9(14(21)22)8-20(2)15(23)17-7-12-18-13(19-24-12)10-3-5-11(16)6-4-10/h3-6,9H,7-8H2,1-2H3,(H,17,23)(H,21,22). The molecule has 0 saturated heterocycles. The molecular weight excluding hydrogens is 336 g/mol. The summed E-state index contributed by atoms with van der Waals surface area (Å²) in [5.41, 5.74) is 0.744. The van der Waals surface area contributed by atoms with Crippen LogP contribution in [0.5, 0.6) is 0 Å². The van der Waals surface area contributed by atoms with Crippen LogP contribution in [0.1, 0.15) is 12.8 Å². The fraction of sp³-hybridized carbons (Fsp3) is 0.333. The normalized spacial score (nSPS) is 11.8. The van der Waals surface area contributed by atoms with Crippen LogP contribution in [0.15, 0.2) is 28.8 Å². The molecule has 2 aromatic rings. The molecule has 1 aromatic carbocycles. The number of hydrogen-bond donors (Lipinski definition) is 2. The Bertz CT molecular complexity index is 717. The first kappa shape index (κ1) is 17.7. The van der Waals surface area contributed by atoms with Crippen LogP contribution in [0, 0.1) is 5.92 Å². The van der Waals surface area contributed by atoms with Crippen molar-refractivity contribution in [2.24, 2.45) is 5.92 Å². The van der Waals surface area contributed by atoms with Gasteiger partial charge in [-0.25, -0.2) is 4.79 Å².